The molecule has 4 atom stereocenters. The number of halogens is 5. The van der Waals surface area contributed by atoms with E-state index in [1.807, 2.05) is 13.8 Å². The summed E-state index contributed by atoms with van der Waals surface area (Å²) in [6.45, 7) is 17.8. The number of nitrogens with one attached hydrogen (secondary N) is 1. The van der Waals surface area contributed by atoms with Crippen LogP contribution >= 0.6 is 0 Å². The van der Waals surface area contributed by atoms with Gasteiger partial charge in [0.25, 0.3) is 0 Å². The summed E-state index contributed by atoms with van der Waals surface area (Å²) < 4.78 is 73.6. The Hall–Kier alpha value is -3.16. The van der Waals surface area contributed by atoms with Crippen LogP contribution in [0.15, 0.2) is 66.8 Å². The fourth-order valence-electron chi connectivity index (χ4n) is 4.10. The van der Waals surface area contributed by atoms with Gasteiger partial charge >= 0.3 is 6.18 Å². The van der Waals surface area contributed by atoms with Gasteiger partial charge in [0.05, 0.1) is 5.75 Å². The maximum absolute atomic E-state index is 13.1. The molecule has 1 aromatic carbocycles. The van der Waals surface area contributed by atoms with Crippen molar-refractivity contribution in [1.29, 1.82) is 0 Å². The first-order valence-electron chi connectivity index (χ1n) is 16.2. The second kappa shape index (κ2) is 27.6. The summed E-state index contributed by atoms with van der Waals surface area (Å²) in [5, 5.41) is 10.7. The molecule has 280 valence electrons. The van der Waals surface area contributed by atoms with Crippen LogP contribution in [0.4, 0.5) is 22.0 Å². The highest BCUT2D eigenvalue weighted by Crippen LogP contribution is 2.26. The van der Waals surface area contributed by atoms with Gasteiger partial charge in [-0.15, -0.1) is 13.2 Å². The molecule has 2 amide bonds. The lowest BCUT2D eigenvalue weighted by Crippen LogP contribution is -2.50. The zero-order chi connectivity index (χ0) is 38.0. The lowest BCUT2D eigenvalue weighted by atomic mass is 9.88. The smallest absolute Gasteiger partial charge is 0.389 e. The molecular weight excluding hydrogens is 665 g/mol. The molecule has 7 nitrogen and oxygen atoms in total. The predicted octanol–water partition coefficient (Wildman–Crippen LogP) is 6.94. The Kier molecular flexibility index (Phi) is 27.0. The number of alkyl halides is 3. The van der Waals surface area contributed by atoms with Crippen LogP contribution in [0.5, 0.6) is 0 Å². The molecule has 0 radical (unpaired) electrons. The third kappa shape index (κ3) is 24.6. The van der Waals surface area contributed by atoms with Crippen LogP contribution in [-0.2, 0) is 20.4 Å². The Balaban J connectivity index is 0. The van der Waals surface area contributed by atoms with E-state index in [-0.39, 0.29) is 36.4 Å². The number of nitrogens with two attached hydrogens (primary N) is 1. The standard InChI is InChI=1S/C21H34F3N3O3S.C7H6F2.C5H10O.C3H6/c1-3-17-7-6-16(2)18(12-17)13-27(10-5-9-25)20(29)19(26-15-28)14-31(30)11-4-8-21(22,23)24;1-5-2-6(8)4-7(9)3-5;1-3-5(2)4-6;1-3-2/h7,12,15-16,19H,3-6,8-11,13-14,25H2,1-2H3,(H,26,28);2-4H,1H3;3,5-6H,1,4H2,2H3;3H,1H2,2H3. The molecule has 4 unspecified atom stereocenters. The number of benzene rings is 1. The van der Waals surface area contributed by atoms with Gasteiger partial charge in [0.1, 0.15) is 17.7 Å². The number of rotatable bonds is 16. The number of carbonyl (C=O) groups is 2. The van der Waals surface area contributed by atoms with Gasteiger partial charge in [-0.25, -0.2) is 8.78 Å². The molecule has 1 aliphatic rings. The summed E-state index contributed by atoms with van der Waals surface area (Å²) in [6.07, 6.45) is 4.81. The van der Waals surface area contributed by atoms with Crippen molar-refractivity contribution in [3.8, 4) is 0 Å². The summed E-state index contributed by atoms with van der Waals surface area (Å²) in [4.78, 5) is 25.8. The van der Waals surface area contributed by atoms with E-state index in [1.165, 1.54) is 17.7 Å². The average molecular weight is 722 g/mol. The number of aliphatic hydroxyl groups is 1. The lowest BCUT2D eigenvalue weighted by molar-refractivity contribution is -0.135. The number of amides is 2. The lowest BCUT2D eigenvalue weighted by Gasteiger charge is -2.31. The van der Waals surface area contributed by atoms with Gasteiger partial charge in [0.15, 0.2) is 0 Å². The number of allylic oxidation sites excluding steroid dienone is 4. The fourth-order valence-corrected chi connectivity index (χ4v) is 5.34. The number of nitrogens with zero attached hydrogens (tertiary/aromatic N) is 1. The molecule has 0 saturated heterocycles. The second-order valence-electron chi connectivity index (χ2n) is 11.5. The molecule has 4 N–H and O–H groups in total. The second-order valence-corrected chi connectivity index (χ2v) is 13.1. The predicted molar refractivity (Wildman–Crippen MR) is 190 cm³/mol. The Morgan fingerprint density at radius 2 is 1.80 bits per heavy atom. The number of carbonyl (C=O) groups excluding carboxylic acids is 2. The average Bonchev–Trinajstić information content (AvgIpc) is 3.02. The number of aryl methyl sites for hydroxylation is 1. The topological polar surface area (TPSA) is 113 Å². The van der Waals surface area contributed by atoms with Crippen LogP contribution in [0.3, 0.4) is 0 Å². The number of hydrogen-bond acceptors (Lipinski definition) is 5. The van der Waals surface area contributed by atoms with Crippen molar-refractivity contribution in [2.75, 3.05) is 37.7 Å². The molecule has 49 heavy (non-hydrogen) atoms. The molecule has 1 aromatic rings. The summed E-state index contributed by atoms with van der Waals surface area (Å²) >= 11 is 0. The molecule has 0 heterocycles. The van der Waals surface area contributed by atoms with Crippen molar-refractivity contribution >= 4 is 23.1 Å². The molecule has 13 heteroatoms. The Morgan fingerprint density at radius 3 is 2.22 bits per heavy atom. The van der Waals surface area contributed by atoms with Crippen LogP contribution in [0, 0.1) is 30.4 Å². The van der Waals surface area contributed by atoms with E-state index in [4.69, 9.17) is 10.8 Å². The van der Waals surface area contributed by atoms with Crippen molar-refractivity contribution in [2.24, 2.45) is 17.6 Å². The van der Waals surface area contributed by atoms with Gasteiger partial charge in [-0.2, -0.15) is 13.2 Å². The van der Waals surface area contributed by atoms with Crippen molar-refractivity contribution in [1.82, 2.24) is 10.2 Å². The van der Waals surface area contributed by atoms with Crippen molar-refractivity contribution in [2.45, 2.75) is 78.9 Å². The van der Waals surface area contributed by atoms with Crippen LogP contribution in [0.1, 0.15) is 65.4 Å². The van der Waals surface area contributed by atoms with Crippen LogP contribution < -0.4 is 11.1 Å². The third-order valence-electron chi connectivity index (χ3n) is 6.91. The van der Waals surface area contributed by atoms with Crippen molar-refractivity contribution in [3.05, 3.63) is 84.0 Å². The highest BCUT2D eigenvalue weighted by molar-refractivity contribution is 7.85. The zero-order valence-corrected chi connectivity index (χ0v) is 30.4. The van der Waals surface area contributed by atoms with E-state index < -0.39 is 47.0 Å². The first-order valence-corrected chi connectivity index (χ1v) is 17.7. The molecule has 2 rings (SSSR count). The Bertz CT molecular complexity index is 1160. The fraction of sp³-hybridized carbons (Fsp3) is 0.556. The zero-order valence-electron chi connectivity index (χ0n) is 29.5. The van der Waals surface area contributed by atoms with E-state index >= 15 is 0 Å². The van der Waals surface area contributed by atoms with Gasteiger partial charge < -0.3 is 21.1 Å². The molecule has 0 spiro atoms. The van der Waals surface area contributed by atoms with Crippen LogP contribution in [0.2, 0.25) is 0 Å². The van der Waals surface area contributed by atoms with Crippen LogP contribution in [-0.4, -0.2) is 76.5 Å². The van der Waals surface area contributed by atoms with Gasteiger partial charge in [0.2, 0.25) is 12.3 Å². The summed E-state index contributed by atoms with van der Waals surface area (Å²) in [5.74, 6) is -1.32. The quantitative estimate of drug-likeness (QED) is 0.0974. The third-order valence-corrected chi connectivity index (χ3v) is 8.36. The molecular formula is C36H56F5N3O4S. The van der Waals surface area contributed by atoms with Gasteiger partial charge in [-0.1, -0.05) is 50.6 Å². The normalized spacial score (nSPS) is 15.5. The maximum Gasteiger partial charge on any atom is 0.389 e. The molecule has 1 aliphatic carbocycles. The molecule has 0 fully saturated rings. The first kappa shape index (κ1) is 48.0. The molecule has 0 aromatic heterocycles. The minimum absolute atomic E-state index is 0.181. The van der Waals surface area contributed by atoms with E-state index in [9.17, 15) is 35.8 Å². The first-order chi connectivity index (χ1) is 23.0. The Labute approximate surface area is 292 Å². The SMILES string of the molecule is C=CC.C=CC(C)CO.CCC1=CCC(C)C(CN(CCCN)C(=O)C(CS(=O)CCCC(F)(F)F)NC=O)=C1.Cc1cc(F)cc(F)c1. The van der Waals surface area contributed by atoms with Gasteiger partial charge in [-0.05, 0) is 81.2 Å². The number of aliphatic hydroxyl groups excluding tert-OH is 1. The van der Waals surface area contributed by atoms with E-state index in [2.05, 4.69) is 44.5 Å². The minimum Gasteiger partial charge on any atom is -0.396 e. The Morgan fingerprint density at radius 1 is 1.20 bits per heavy atom. The van der Waals surface area contributed by atoms with E-state index in [1.54, 1.807) is 24.0 Å². The van der Waals surface area contributed by atoms with Gasteiger partial charge in [-0.3, -0.25) is 13.8 Å². The van der Waals surface area contributed by atoms with Crippen LogP contribution in [0.25, 0.3) is 0 Å². The van der Waals surface area contributed by atoms with Crippen molar-refractivity contribution < 1.29 is 40.9 Å². The maximum atomic E-state index is 13.1. The molecule has 0 aliphatic heterocycles. The summed E-state index contributed by atoms with van der Waals surface area (Å²) in [7, 11) is -1.67. The monoisotopic (exact) mass is 721 g/mol. The minimum atomic E-state index is -4.31. The highest BCUT2D eigenvalue weighted by atomic mass is 32.2. The largest absolute Gasteiger partial charge is 0.396 e. The number of hydrogen-bond donors (Lipinski definition) is 3. The highest BCUT2D eigenvalue weighted by Gasteiger charge is 2.29. The summed E-state index contributed by atoms with van der Waals surface area (Å²) in [6, 6.07) is 2.36. The van der Waals surface area contributed by atoms with E-state index in [0.29, 0.717) is 38.0 Å². The molecule has 0 bridgehead atoms. The van der Waals surface area contributed by atoms with E-state index in [0.717, 1.165) is 24.5 Å². The summed E-state index contributed by atoms with van der Waals surface area (Å²) in [5.41, 5.74) is 8.52. The molecule has 0 saturated carbocycles. The van der Waals surface area contributed by atoms with Crippen molar-refractivity contribution in [3.63, 3.8) is 0 Å². The van der Waals surface area contributed by atoms with Gasteiger partial charge in [0, 0.05) is 48.7 Å².